The highest BCUT2D eigenvalue weighted by Crippen LogP contribution is 2.24. The van der Waals surface area contributed by atoms with Crippen molar-refractivity contribution >= 4 is 22.4 Å². The second-order valence-electron chi connectivity index (χ2n) is 2.87. The normalized spacial score (nSPS) is 10.2. The molecule has 0 radical (unpaired) electrons. The molecule has 2 N–H and O–H groups in total. The fraction of sp³-hybridized carbons (Fsp3) is 0.250. The molecule has 0 amide bonds. The smallest absolute Gasteiger partial charge is 0.305 e. The van der Waals surface area contributed by atoms with E-state index in [-0.39, 0.29) is 6.42 Å². The highest BCUT2D eigenvalue weighted by atomic mass is 32.1. The first-order valence-electron chi connectivity index (χ1n) is 4.45. The monoisotopic (exact) mass is 240 g/mol. The van der Waals surface area contributed by atoms with E-state index in [9.17, 15) is 4.79 Å². The summed E-state index contributed by atoms with van der Waals surface area (Å²) in [5.74, 6) is -0.853. The van der Waals surface area contributed by atoms with Gasteiger partial charge in [-0.3, -0.25) is 4.79 Å². The van der Waals surface area contributed by atoms with Crippen LogP contribution in [0.5, 0.6) is 0 Å². The number of hydrogen-bond acceptors (Lipinski definition) is 7. The zero-order valence-corrected chi connectivity index (χ0v) is 8.90. The van der Waals surface area contributed by atoms with Crippen molar-refractivity contribution in [3.05, 3.63) is 12.3 Å². The molecule has 0 saturated carbocycles. The van der Waals surface area contributed by atoms with Crippen LogP contribution < -0.4 is 5.32 Å². The Balaban J connectivity index is 1.95. The minimum absolute atomic E-state index is 0.0405. The van der Waals surface area contributed by atoms with Crippen LogP contribution in [-0.2, 0) is 4.79 Å². The van der Waals surface area contributed by atoms with E-state index in [1.165, 1.54) is 17.6 Å². The summed E-state index contributed by atoms with van der Waals surface area (Å²) in [7, 11) is 0. The van der Waals surface area contributed by atoms with Crippen molar-refractivity contribution in [3.8, 4) is 10.7 Å². The van der Waals surface area contributed by atoms with E-state index in [0.29, 0.717) is 22.4 Å². The van der Waals surface area contributed by atoms with Gasteiger partial charge in [0, 0.05) is 12.6 Å². The predicted molar refractivity (Wildman–Crippen MR) is 56.1 cm³/mol. The summed E-state index contributed by atoms with van der Waals surface area (Å²) in [6, 6.07) is 1.68. The minimum atomic E-state index is -0.853. The van der Waals surface area contributed by atoms with Crippen molar-refractivity contribution in [1.82, 2.24) is 15.4 Å². The molecule has 0 aliphatic heterocycles. The fourth-order valence-corrected chi connectivity index (χ4v) is 1.73. The molecule has 84 valence electrons. The number of carbonyl (C=O) groups is 1. The Kier molecular flexibility index (Phi) is 3.10. The van der Waals surface area contributed by atoms with Crippen molar-refractivity contribution in [2.24, 2.45) is 0 Å². The van der Waals surface area contributed by atoms with Gasteiger partial charge in [0.25, 0.3) is 0 Å². The molecule has 0 fully saturated rings. The van der Waals surface area contributed by atoms with Crippen molar-refractivity contribution in [1.29, 1.82) is 0 Å². The molecule has 0 aliphatic rings. The zero-order valence-electron chi connectivity index (χ0n) is 8.08. The molecule has 0 spiro atoms. The first kappa shape index (κ1) is 10.6. The SMILES string of the molecule is O=C(O)CCNc1nnc(-c2ccon2)s1. The molecule has 7 nitrogen and oxygen atoms in total. The van der Waals surface area contributed by atoms with Crippen molar-refractivity contribution in [2.75, 3.05) is 11.9 Å². The maximum absolute atomic E-state index is 10.3. The quantitative estimate of drug-likeness (QED) is 0.806. The lowest BCUT2D eigenvalue weighted by Gasteiger charge is -1.96. The maximum Gasteiger partial charge on any atom is 0.305 e. The molecule has 2 rings (SSSR count). The van der Waals surface area contributed by atoms with Crippen LogP contribution in [0.2, 0.25) is 0 Å². The summed E-state index contributed by atoms with van der Waals surface area (Å²) in [6.07, 6.45) is 1.49. The van der Waals surface area contributed by atoms with Crippen LogP contribution in [0, 0.1) is 0 Å². The topological polar surface area (TPSA) is 101 Å². The van der Waals surface area contributed by atoms with E-state index in [0.717, 1.165) is 0 Å². The third kappa shape index (κ3) is 2.54. The van der Waals surface area contributed by atoms with Gasteiger partial charge in [0.1, 0.15) is 12.0 Å². The zero-order chi connectivity index (χ0) is 11.4. The number of anilines is 1. The summed E-state index contributed by atoms with van der Waals surface area (Å²) < 4.78 is 4.68. The van der Waals surface area contributed by atoms with Crippen LogP contribution in [-0.4, -0.2) is 33.0 Å². The van der Waals surface area contributed by atoms with Gasteiger partial charge in [0.05, 0.1) is 6.42 Å². The van der Waals surface area contributed by atoms with E-state index >= 15 is 0 Å². The predicted octanol–water partition coefficient (Wildman–Crippen LogP) is 1.08. The second-order valence-corrected chi connectivity index (χ2v) is 3.85. The Morgan fingerprint density at radius 3 is 3.12 bits per heavy atom. The summed E-state index contributed by atoms with van der Waals surface area (Å²) in [5, 5.41) is 24.0. The van der Waals surface area contributed by atoms with Crippen LogP contribution in [0.15, 0.2) is 16.9 Å². The first-order chi connectivity index (χ1) is 7.75. The molecule has 0 atom stereocenters. The summed E-state index contributed by atoms with van der Waals surface area (Å²) in [5.41, 5.74) is 0.615. The highest BCUT2D eigenvalue weighted by molar-refractivity contribution is 7.18. The molecule has 0 bridgehead atoms. The van der Waals surface area contributed by atoms with Gasteiger partial charge in [-0.15, -0.1) is 10.2 Å². The summed E-state index contributed by atoms with van der Waals surface area (Å²) >= 11 is 1.29. The number of carboxylic acid groups (broad SMARTS) is 1. The fourth-order valence-electron chi connectivity index (χ4n) is 0.997. The van der Waals surface area contributed by atoms with E-state index in [1.807, 2.05) is 0 Å². The number of aromatic nitrogens is 3. The molecule has 2 aromatic heterocycles. The van der Waals surface area contributed by atoms with Crippen molar-refractivity contribution < 1.29 is 14.4 Å². The third-order valence-corrected chi connectivity index (χ3v) is 2.60. The Morgan fingerprint density at radius 2 is 2.44 bits per heavy atom. The van der Waals surface area contributed by atoms with Crippen LogP contribution in [0.4, 0.5) is 5.13 Å². The van der Waals surface area contributed by atoms with Crippen molar-refractivity contribution in [2.45, 2.75) is 6.42 Å². The first-order valence-corrected chi connectivity index (χ1v) is 5.27. The number of rotatable bonds is 5. The van der Waals surface area contributed by atoms with E-state index in [1.54, 1.807) is 6.07 Å². The molecule has 0 saturated heterocycles. The molecule has 0 aliphatic carbocycles. The summed E-state index contributed by atoms with van der Waals surface area (Å²) in [6.45, 7) is 0.322. The average molecular weight is 240 g/mol. The minimum Gasteiger partial charge on any atom is -0.481 e. The lowest BCUT2D eigenvalue weighted by atomic mass is 10.4. The Labute approximate surface area is 94.1 Å². The number of aliphatic carboxylic acids is 1. The molecular formula is C8H8N4O3S. The van der Waals surface area contributed by atoms with Gasteiger partial charge in [-0.1, -0.05) is 16.5 Å². The third-order valence-electron chi connectivity index (χ3n) is 1.70. The number of hydrogen-bond donors (Lipinski definition) is 2. The molecule has 16 heavy (non-hydrogen) atoms. The lowest BCUT2D eigenvalue weighted by Crippen LogP contribution is -2.07. The second kappa shape index (κ2) is 4.71. The Bertz CT molecular complexity index is 467. The van der Waals surface area contributed by atoms with Gasteiger partial charge in [-0.05, 0) is 0 Å². The van der Waals surface area contributed by atoms with Gasteiger partial charge >= 0.3 is 5.97 Å². The lowest BCUT2D eigenvalue weighted by molar-refractivity contribution is -0.136. The van der Waals surface area contributed by atoms with Crippen LogP contribution in [0.25, 0.3) is 10.7 Å². The van der Waals surface area contributed by atoms with E-state index < -0.39 is 5.97 Å². The molecule has 2 heterocycles. The Morgan fingerprint density at radius 1 is 1.56 bits per heavy atom. The van der Waals surface area contributed by atoms with E-state index in [2.05, 4.69) is 25.2 Å². The standard InChI is InChI=1S/C8H8N4O3S/c13-6(14)1-3-9-8-11-10-7(16-8)5-2-4-15-12-5/h2,4H,1,3H2,(H,9,11)(H,13,14). The Hall–Kier alpha value is -1.96. The van der Waals surface area contributed by atoms with Gasteiger partial charge in [0.15, 0.2) is 5.01 Å². The van der Waals surface area contributed by atoms with Gasteiger partial charge < -0.3 is 14.9 Å². The van der Waals surface area contributed by atoms with E-state index in [4.69, 9.17) is 5.11 Å². The number of nitrogens with one attached hydrogen (secondary N) is 1. The van der Waals surface area contributed by atoms with Crippen molar-refractivity contribution in [3.63, 3.8) is 0 Å². The average Bonchev–Trinajstić information content (AvgIpc) is 2.85. The highest BCUT2D eigenvalue weighted by Gasteiger charge is 2.08. The molecular weight excluding hydrogens is 232 g/mol. The molecule has 2 aromatic rings. The molecule has 0 aromatic carbocycles. The largest absolute Gasteiger partial charge is 0.481 e. The van der Waals surface area contributed by atoms with Crippen LogP contribution in [0.3, 0.4) is 0 Å². The molecule has 0 unspecified atom stereocenters. The maximum atomic E-state index is 10.3. The van der Waals surface area contributed by atoms with Gasteiger partial charge in [-0.25, -0.2) is 0 Å². The van der Waals surface area contributed by atoms with Gasteiger partial charge in [-0.2, -0.15) is 0 Å². The van der Waals surface area contributed by atoms with Gasteiger partial charge in [0.2, 0.25) is 5.13 Å². The summed E-state index contributed by atoms with van der Waals surface area (Å²) in [4.78, 5) is 10.3. The molecule has 8 heteroatoms. The van der Waals surface area contributed by atoms with Crippen LogP contribution >= 0.6 is 11.3 Å². The van der Waals surface area contributed by atoms with Crippen LogP contribution in [0.1, 0.15) is 6.42 Å². The number of nitrogens with zero attached hydrogens (tertiary/aromatic N) is 3. The number of carboxylic acids is 1.